The molecule has 4 nitrogen and oxygen atoms in total. The number of aromatic nitrogens is 2. The van der Waals surface area contributed by atoms with E-state index >= 15 is 0 Å². The van der Waals surface area contributed by atoms with Crippen molar-refractivity contribution in [1.29, 1.82) is 0 Å². The topological polar surface area (TPSA) is 46.1 Å². The molecule has 0 atom stereocenters. The molecule has 19 heavy (non-hydrogen) atoms. The minimum atomic E-state index is -0.0403. The van der Waals surface area contributed by atoms with Crippen LogP contribution in [0.1, 0.15) is 10.4 Å². The van der Waals surface area contributed by atoms with Crippen LogP contribution in [0.4, 0.5) is 5.69 Å². The molecule has 0 spiro atoms. The average Bonchev–Trinajstić information content (AvgIpc) is 2.94. The SMILES string of the molecule is CN(C(=O)c1ccc2ncsc2c1)c1ccncc1. The molecule has 1 aromatic carbocycles. The van der Waals surface area contributed by atoms with Gasteiger partial charge in [0.15, 0.2) is 0 Å². The molecular weight excluding hydrogens is 258 g/mol. The molecule has 2 heterocycles. The van der Waals surface area contributed by atoms with Gasteiger partial charge in [0.25, 0.3) is 5.91 Å². The molecule has 0 aliphatic rings. The van der Waals surface area contributed by atoms with Gasteiger partial charge in [0, 0.05) is 30.7 Å². The summed E-state index contributed by atoms with van der Waals surface area (Å²) in [6, 6.07) is 9.18. The van der Waals surface area contributed by atoms with Crippen molar-refractivity contribution in [2.75, 3.05) is 11.9 Å². The number of pyridine rings is 1. The maximum atomic E-state index is 12.4. The number of benzene rings is 1. The number of rotatable bonds is 2. The summed E-state index contributed by atoms with van der Waals surface area (Å²) in [6.45, 7) is 0. The van der Waals surface area contributed by atoms with Gasteiger partial charge in [-0.3, -0.25) is 9.78 Å². The number of thiazole rings is 1. The molecular formula is C14H11N3OS. The van der Waals surface area contributed by atoms with Crippen molar-refractivity contribution in [2.45, 2.75) is 0 Å². The van der Waals surface area contributed by atoms with Crippen molar-refractivity contribution in [2.24, 2.45) is 0 Å². The highest BCUT2D eigenvalue weighted by atomic mass is 32.1. The third-order valence-corrected chi connectivity index (χ3v) is 3.72. The van der Waals surface area contributed by atoms with Gasteiger partial charge in [-0.05, 0) is 30.3 Å². The van der Waals surface area contributed by atoms with E-state index in [-0.39, 0.29) is 5.91 Å². The molecule has 2 aromatic heterocycles. The maximum absolute atomic E-state index is 12.4. The lowest BCUT2D eigenvalue weighted by atomic mass is 10.2. The van der Waals surface area contributed by atoms with Crippen LogP contribution >= 0.6 is 11.3 Å². The Morgan fingerprint density at radius 3 is 2.79 bits per heavy atom. The van der Waals surface area contributed by atoms with Crippen LogP contribution in [0.15, 0.2) is 48.2 Å². The Labute approximate surface area is 114 Å². The Balaban J connectivity index is 1.95. The molecule has 0 saturated heterocycles. The summed E-state index contributed by atoms with van der Waals surface area (Å²) in [5.74, 6) is -0.0403. The van der Waals surface area contributed by atoms with Crippen LogP contribution in [0, 0.1) is 0 Å². The van der Waals surface area contributed by atoms with Crippen LogP contribution in [0.5, 0.6) is 0 Å². The van der Waals surface area contributed by atoms with Crippen molar-refractivity contribution in [3.63, 3.8) is 0 Å². The summed E-state index contributed by atoms with van der Waals surface area (Å²) in [7, 11) is 1.76. The second kappa shape index (κ2) is 4.78. The average molecular weight is 269 g/mol. The van der Waals surface area contributed by atoms with Gasteiger partial charge in [-0.2, -0.15) is 0 Å². The van der Waals surface area contributed by atoms with Crippen LogP contribution in [0.25, 0.3) is 10.2 Å². The van der Waals surface area contributed by atoms with Gasteiger partial charge >= 0.3 is 0 Å². The van der Waals surface area contributed by atoms with Gasteiger partial charge in [0.1, 0.15) is 0 Å². The minimum absolute atomic E-state index is 0.0403. The first-order chi connectivity index (χ1) is 9.25. The van der Waals surface area contributed by atoms with E-state index in [0.29, 0.717) is 5.56 Å². The van der Waals surface area contributed by atoms with Crippen molar-refractivity contribution in [1.82, 2.24) is 9.97 Å². The van der Waals surface area contributed by atoms with Crippen LogP contribution in [0.3, 0.4) is 0 Å². The summed E-state index contributed by atoms with van der Waals surface area (Å²) >= 11 is 1.53. The number of hydrogen-bond donors (Lipinski definition) is 0. The molecule has 0 aliphatic carbocycles. The van der Waals surface area contributed by atoms with Crippen LogP contribution in [0.2, 0.25) is 0 Å². The number of hydrogen-bond acceptors (Lipinski definition) is 4. The summed E-state index contributed by atoms with van der Waals surface area (Å²) in [5, 5.41) is 0. The second-order valence-corrected chi connectivity index (χ2v) is 4.99. The van der Waals surface area contributed by atoms with Crippen molar-refractivity contribution in [3.05, 3.63) is 53.8 Å². The number of fused-ring (bicyclic) bond motifs is 1. The molecule has 0 bridgehead atoms. The molecule has 5 heteroatoms. The van der Waals surface area contributed by atoms with Gasteiger partial charge < -0.3 is 4.90 Å². The number of nitrogens with zero attached hydrogens (tertiary/aromatic N) is 3. The Kier molecular flexibility index (Phi) is 2.97. The summed E-state index contributed by atoms with van der Waals surface area (Å²) < 4.78 is 1.02. The maximum Gasteiger partial charge on any atom is 0.258 e. The predicted octanol–water partition coefficient (Wildman–Crippen LogP) is 2.97. The molecule has 0 saturated carbocycles. The third-order valence-electron chi connectivity index (χ3n) is 2.93. The normalized spacial score (nSPS) is 10.6. The number of amides is 1. The van der Waals surface area contributed by atoms with E-state index in [9.17, 15) is 4.79 Å². The Bertz CT molecular complexity index is 724. The summed E-state index contributed by atoms with van der Waals surface area (Å²) in [6.07, 6.45) is 3.34. The fourth-order valence-corrected chi connectivity index (χ4v) is 2.58. The molecule has 94 valence electrons. The first kappa shape index (κ1) is 11.8. The monoisotopic (exact) mass is 269 g/mol. The van der Waals surface area contributed by atoms with E-state index < -0.39 is 0 Å². The molecule has 0 aliphatic heterocycles. The van der Waals surface area contributed by atoms with Crippen LogP contribution in [-0.2, 0) is 0 Å². The lowest BCUT2D eigenvalue weighted by molar-refractivity contribution is 0.0993. The molecule has 1 amide bonds. The predicted molar refractivity (Wildman–Crippen MR) is 76.6 cm³/mol. The highest BCUT2D eigenvalue weighted by Gasteiger charge is 2.14. The van der Waals surface area contributed by atoms with E-state index in [1.54, 1.807) is 29.9 Å². The van der Waals surface area contributed by atoms with Crippen molar-refractivity contribution >= 4 is 33.1 Å². The largest absolute Gasteiger partial charge is 0.311 e. The van der Waals surface area contributed by atoms with Crippen LogP contribution in [-0.4, -0.2) is 22.9 Å². The van der Waals surface area contributed by atoms with E-state index in [2.05, 4.69) is 9.97 Å². The number of carbonyl (C=O) groups excluding carboxylic acids is 1. The first-order valence-electron chi connectivity index (χ1n) is 5.77. The first-order valence-corrected chi connectivity index (χ1v) is 6.65. The zero-order valence-corrected chi connectivity index (χ0v) is 11.1. The molecule has 3 rings (SSSR count). The smallest absolute Gasteiger partial charge is 0.258 e. The van der Waals surface area contributed by atoms with E-state index in [1.165, 1.54) is 11.3 Å². The minimum Gasteiger partial charge on any atom is -0.311 e. The summed E-state index contributed by atoms with van der Waals surface area (Å²) in [4.78, 5) is 22.2. The van der Waals surface area contributed by atoms with E-state index in [1.807, 2.05) is 30.3 Å². The lowest BCUT2D eigenvalue weighted by Gasteiger charge is -2.16. The number of anilines is 1. The zero-order valence-electron chi connectivity index (χ0n) is 10.3. The molecule has 0 unspecified atom stereocenters. The van der Waals surface area contributed by atoms with Gasteiger partial charge in [-0.15, -0.1) is 11.3 Å². The van der Waals surface area contributed by atoms with Crippen molar-refractivity contribution in [3.8, 4) is 0 Å². The standard InChI is InChI=1S/C14H11N3OS/c1-17(11-4-6-15-7-5-11)14(18)10-2-3-12-13(8-10)19-9-16-12/h2-9H,1H3. The molecule has 0 fully saturated rings. The van der Waals surface area contributed by atoms with Crippen molar-refractivity contribution < 1.29 is 4.79 Å². The van der Waals surface area contributed by atoms with Gasteiger partial charge in [-0.25, -0.2) is 4.98 Å². The van der Waals surface area contributed by atoms with Crippen LogP contribution < -0.4 is 4.90 Å². The van der Waals surface area contributed by atoms with Gasteiger partial charge in [0.05, 0.1) is 15.7 Å². The Morgan fingerprint density at radius 1 is 1.21 bits per heavy atom. The van der Waals surface area contributed by atoms with Gasteiger partial charge in [0.2, 0.25) is 0 Å². The zero-order chi connectivity index (χ0) is 13.2. The lowest BCUT2D eigenvalue weighted by Crippen LogP contribution is -2.26. The van der Waals surface area contributed by atoms with Gasteiger partial charge in [-0.1, -0.05) is 0 Å². The fraction of sp³-hybridized carbons (Fsp3) is 0.0714. The molecule has 3 aromatic rings. The highest BCUT2D eigenvalue weighted by Crippen LogP contribution is 2.21. The third kappa shape index (κ3) is 2.20. The summed E-state index contributed by atoms with van der Waals surface area (Å²) in [5.41, 5.74) is 4.19. The van der Waals surface area contributed by atoms with E-state index in [0.717, 1.165) is 15.9 Å². The fourth-order valence-electron chi connectivity index (χ4n) is 1.87. The Hall–Kier alpha value is -2.27. The highest BCUT2D eigenvalue weighted by molar-refractivity contribution is 7.16. The second-order valence-electron chi connectivity index (χ2n) is 4.10. The Morgan fingerprint density at radius 2 is 2.00 bits per heavy atom. The molecule has 0 radical (unpaired) electrons. The number of carbonyl (C=O) groups is 1. The van der Waals surface area contributed by atoms with E-state index in [4.69, 9.17) is 0 Å². The quantitative estimate of drug-likeness (QED) is 0.718. The molecule has 0 N–H and O–H groups in total.